The first-order valence-corrected chi connectivity index (χ1v) is 4.44. The third kappa shape index (κ3) is 2.32. The van der Waals surface area contributed by atoms with Crippen molar-refractivity contribution in [1.29, 1.82) is 0 Å². The summed E-state index contributed by atoms with van der Waals surface area (Å²) < 4.78 is 4.98. The van der Waals surface area contributed by atoms with Gasteiger partial charge in [-0.3, -0.25) is 0 Å². The van der Waals surface area contributed by atoms with Gasteiger partial charge in [0, 0.05) is 5.56 Å². The van der Waals surface area contributed by atoms with Crippen molar-refractivity contribution in [3.63, 3.8) is 0 Å². The van der Waals surface area contributed by atoms with Crippen molar-refractivity contribution in [3.05, 3.63) is 24.3 Å². The number of nitrogens with zero attached hydrogens (tertiary/aromatic N) is 3. The van der Waals surface area contributed by atoms with Gasteiger partial charge in [0.15, 0.2) is 6.61 Å². The molecule has 0 radical (unpaired) electrons. The number of aromatic nitrogens is 4. The number of aliphatic carboxylic acids is 1. The molecule has 2 aromatic rings. The molecule has 1 heterocycles. The molecule has 1 aromatic heterocycles. The van der Waals surface area contributed by atoms with E-state index in [0.717, 1.165) is 5.56 Å². The maximum Gasteiger partial charge on any atom is 0.341 e. The number of rotatable bonds is 4. The maximum atomic E-state index is 10.3. The molecular weight excluding hydrogens is 212 g/mol. The van der Waals surface area contributed by atoms with Crippen LogP contribution in [0.25, 0.3) is 11.4 Å². The highest BCUT2D eigenvalue weighted by molar-refractivity contribution is 5.68. The van der Waals surface area contributed by atoms with Crippen LogP contribution in [-0.2, 0) is 4.79 Å². The minimum atomic E-state index is -1.01. The van der Waals surface area contributed by atoms with Crippen LogP contribution >= 0.6 is 0 Å². The SMILES string of the molecule is O=C(O)COc1ccc(-c2nn[nH]n2)cc1. The summed E-state index contributed by atoms with van der Waals surface area (Å²) in [5.41, 5.74) is 0.774. The van der Waals surface area contributed by atoms with Gasteiger partial charge >= 0.3 is 5.97 Å². The number of aromatic amines is 1. The van der Waals surface area contributed by atoms with Gasteiger partial charge in [-0.2, -0.15) is 5.21 Å². The maximum absolute atomic E-state index is 10.3. The highest BCUT2D eigenvalue weighted by atomic mass is 16.5. The summed E-state index contributed by atoms with van der Waals surface area (Å²) in [5, 5.41) is 21.8. The molecule has 0 saturated carbocycles. The van der Waals surface area contributed by atoms with Gasteiger partial charge in [-0.15, -0.1) is 10.2 Å². The Morgan fingerprint density at radius 3 is 2.69 bits per heavy atom. The zero-order valence-corrected chi connectivity index (χ0v) is 8.12. The summed E-state index contributed by atoms with van der Waals surface area (Å²) in [6, 6.07) is 6.74. The number of ether oxygens (including phenoxy) is 1. The Bertz CT molecular complexity index is 466. The van der Waals surface area contributed by atoms with Gasteiger partial charge in [-0.25, -0.2) is 4.79 Å². The van der Waals surface area contributed by atoms with E-state index >= 15 is 0 Å². The molecule has 2 rings (SSSR count). The monoisotopic (exact) mass is 220 g/mol. The van der Waals surface area contributed by atoms with E-state index in [4.69, 9.17) is 9.84 Å². The van der Waals surface area contributed by atoms with Gasteiger partial charge in [0.25, 0.3) is 0 Å². The molecule has 0 spiro atoms. The molecule has 1 aromatic carbocycles. The lowest BCUT2D eigenvalue weighted by atomic mass is 10.2. The zero-order chi connectivity index (χ0) is 11.4. The first kappa shape index (κ1) is 10.1. The first-order chi connectivity index (χ1) is 7.75. The van der Waals surface area contributed by atoms with Crippen LogP contribution in [0.2, 0.25) is 0 Å². The quantitative estimate of drug-likeness (QED) is 0.769. The van der Waals surface area contributed by atoms with Gasteiger partial charge in [0.1, 0.15) is 5.75 Å². The molecule has 2 N–H and O–H groups in total. The molecule has 0 aliphatic carbocycles. The molecule has 7 nitrogen and oxygen atoms in total. The highest BCUT2D eigenvalue weighted by Crippen LogP contribution is 2.18. The molecule has 0 aliphatic rings. The molecule has 0 atom stereocenters. The van der Waals surface area contributed by atoms with E-state index < -0.39 is 5.97 Å². The topological polar surface area (TPSA) is 101 Å². The van der Waals surface area contributed by atoms with E-state index in [1.54, 1.807) is 24.3 Å². The molecule has 16 heavy (non-hydrogen) atoms. The Balaban J connectivity index is 2.08. The lowest BCUT2D eigenvalue weighted by Gasteiger charge is -2.02. The summed E-state index contributed by atoms with van der Waals surface area (Å²) in [7, 11) is 0. The van der Waals surface area contributed by atoms with E-state index in [-0.39, 0.29) is 6.61 Å². The molecular formula is C9H8N4O3. The fourth-order valence-corrected chi connectivity index (χ4v) is 1.13. The molecule has 0 amide bonds. The summed E-state index contributed by atoms with van der Waals surface area (Å²) >= 11 is 0. The predicted molar refractivity (Wildman–Crippen MR) is 52.7 cm³/mol. The van der Waals surface area contributed by atoms with Crippen LogP contribution in [0.1, 0.15) is 0 Å². The number of carboxylic acid groups (broad SMARTS) is 1. The normalized spacial score (nSPS) is 10.0. The minimum Gasteiger partial charge on any atom is -0.482 e. The minimum absolute atomic E-state index is 0.360. The Morgan fingerprint density at radius 2 is 2.12 bits per heavy atom. The molecule has 0 saturated heterocycles. The Kier molecular flexibility index (Phi) is 2.77. The highest BCUT2D eigenvalue weighted by Gasteiger charge is 2.03. The van der Waals surface area contributed by atoms with Crippen molar-refractivity contribution in [2.45, 2.75) is 0 Å². The smallest absolute Gasteiger partial charge is 0.341 e. The van der Waals surface area contributed by atoms with Crippen LogP contribution < -0.4 is 4.74 Å². The third-order valence-corrected chi connectivity index (χ3v) is 1.82. The first-order valence-electron chi connectivity index (χ1n) is 4.44. The third-order valence-electron chi connectivity index (χ3n) is 1.82. The summed E-state index contributed by atoms with van der Waals surface area (Å²) in [4.78, 5) is 10.3. The number of carbonyl (C=O) groups is 1. The second-order valence-corrected chi connectivity index (χ2v) is 2.94. The lowest BCUT2D eigenvalue weighted by molar-refractivity contribution is -0.139. The van der Waals surface area contributed by atoms with E-state index in [9.17, 15) is 4.79 Å². The molecule has 0 aliphatic heterocycles. The Labute approximate surface area is 90.1 Å². The number of hydrogen-bond donors (Lipinski definition) is 2. The average Bonchev–Trinajstić information content (AvgIpc) is 2.80. The van der Waals surface area contributed by atoms with Crippen LogP contribution in [0.4, 0.5) is 0 Å². The molecule has 0 unspecified atom stereocenters. The number of nitrogens with one attached hydrogen (secondary N) is 1. The van der Waals surface area contributed by atoms with Crippen molar-refractivity contribution < 1.29 is 14.6 Å². The van der Waals surface area contributed by atoms with Crippen molar-refractivity contribution in [2.75, 3.05) is 6.61 Å². The standard InChI is InChI=1S/C9H8N4O3/c14-8(15)5-16-7-3-1-6(2-4-7)9-10-12-13-11-9/h1-4H,5H2,(H,14,15)(H,10,11,12,13). The van der Waals surface area contributed by atoms with Gasteiger partial charge in [0.2, 0.25) is 5.82 Å². The second-order valence-electron chi connectivity index (χ2n) is 2.94. The average molecular weight is 220 g/mol. The Hall–Kier alpha value is -2.44. The van der Waals surface area contributed by atoms with Crippen molar-refractivity contribution in [3.8, 4) is 17.1 Å². The number of tetrazole rings is 1. The van der Waals surface area contributed by atoms with Crippen LogP contribution in [0.5, 0.6) is 5.75 Å². The van der Waals surface area contributed by atoms with Crippen LogP contribution in [0.15, 0.2) is 24.3 Å². The van der Waals surface area contributed by atoms with Crippen LogP contribution in [0.3, 0.4) is 0 Å². The molecule has 0 bridgehead atoms. The molecule has 0 fully saturated rings. The number of carboxylic acids is 1. The van der Waals surface area contributed by atoms with E-state index in [0.29, 0.717) is 11.6 Å². The van der Waals surface area contributed by atoms with Gasteiger partial charge < -0.3 is 9.84 Å². The van der Waals surface area contributed by atoms with Gasteiger partial charge in [-0.05, 0) is 29.5 Å². The lowest BCUT2D eigenvalue weighted by Crippen LogP contribution is -2.09. The number of H-pyrrole nitrogens is 1. The summed E-state index contributed by atoms with van der Waals surface area (Å²) in [6.45, 7) is -0.360. The van der Waals surface area contributed by atoms with Crippen molar-refractivity contribution in [2.24, 2.45) is 0 Å². The number of benzene rings is 1. The number of hydrogen-bond acceptors (Lipinski definition) is 5. The van der Waals surface area contributed by atoms with E-state index in [1.165, 1.54) is 0 Å². The second kappa shape index (κ2) is 4.39. The summed E-state index contributed by atoms with van der Waals surface area (Å²) in [5.74, 6) is -0.0540. The van der Waals surface area contributed by atoms with E-state index in [1.807, 2.05) is 0 Å². The van der Waals surface area contributed by atoms with Crippen LogP contribution in [-0.4, -0.2) is 38.3 Å². The summed E-state index contributed by atoms with van der Waals surface area (Å²) in [6.07, 6.45) is 0. The molecule has 82 valence electrons. The van der Waals surface area contributed by atoms with Crippen molar-refractivity contribution in [1.82, 2.24) is 20.6 Å². The van der Waals surface area contributed by atoms with Gasteiger partial charge in [-0.1, -0.05) is 0 Å². The fraction of sp³-hybridized carbons (Fsp3) is 0.111. The van der Waals surface area contributed by atoms with Crippen molar-refractivity contribution >= 4 is 5.97 Å². The zero-order valence-electron chi connectivity index (χ0n) is 8.12. The van der Waals surface area contributed by atoms with Crippen LogP contribution in [0, 0.1) is 0 Å². The largest absolute Gasteiger partial charge is 0.482 e. The fourth-order valence-electron chi connectivity index (χ4n) is 1.13. The molecule has 7 heteroatoms. The predicted octanol–water partition coefficient (Wildman–Crippen LogP) is 0.330. The Morgan fingerprint density at radius 1 is 1.38 bits per heavy atom. The van der Waals surface area contributed by atoms with E-state index in [2.05, 4.69) is 20.6 Å². The van der Waals surface area contributed by atoms with Gasteiger partial charge in [0.05, 0.1) is 0 Å².